The van der Waals surface area contributed by atoms with Crippen molar-refractivity contribution in [2.45, 2.75) is 19.4 Å². The molecule has 0 atom stereocenters. The zero-order valence-corrected chi connectivity index (χ0v) is 13.3. The van der Waals surface area contributed by atoms with Crippen LogP contribution in [-0.2, 0) is 13.0 Å². The molecular formula is C19H15N3O3. The Bertz CT molecular complexity index is 1030. The van der Waals surface area contributed by atoms with Gasteiger partial charge in [-0.3, -0.25) is 19.4 Å². The molecule has 1 aliphatic carbocycles. The molecule has 6 nitrogen and oxygen atoms in total. The minimum atomic E-state index is -0.560. The molecule has 0 aliphatic heterocycles. The first-order valence-electron chi connectivity index (χ1n) is 8.04. The number of ketones is 1. The van der Waals surface area contributed by atoms with E-state index in [1.54, 1.807) is 12.3 Å². The molecule has 124 valence electrons. The second-order valence-corrected chi connectivity index (χ2v) is 6.00. The lowest BCUT2D eigenvalue weighted by Crippen LogP contribution is -2.36. The van der Waals surface area contributed by atoms with Crippen molar-refractivity contribution in [2.24, 2.45) is 0 Å². The summed E-state index contributed by atoms with van der Waals surface area (Å²) in [5.74, 6) is 0.108. The Morgan fingerprint density at radius 3 is 2.60 bits per heavy atom. The van der Waals surface area contributed by atoms with E-state index in [0.717, 1.165) is 17.7 Å². The van der Waals surface area contributed by atoms with Crippen molar-refractivity contribution in [3.05, 3.63) is 79.9 Å². The average molecular weight is 333 g/mol. The van der Waals surface area contributed by atoms with Crippen LogP contribution in [0.15, 0.2) is 52.2 Å². The van der Waals surface area contributed by atoms with E-state index in [1.807, 2.05) is 30.3 Å². The highest BCUT2D eigenvalue weighted by Crippen LogP contribution is 2.27. The van der Waals surface area contributed by atoms with Gasteiger partial charge in [0.1, 0.15) is 11.4 Å². The topological polar surface area (TPSA) is 88.2 Å². The standard InChI is InChI=1S/C19H15N3O3/c23-15-7-5-11-4-6-12(9-14(11)15)22-17-16(18(24)19(17)25)21-10-13-3-1-2-8-20-13/h1-4,6,8-9,21-22H,5,7,10H2. The second kappa shape index (κ2) is 5.98. The smallest absolute Gasteiger partial charge is 0.253 e. The summed E-state index contributed by atoms with van der Waals surface area (Å²) in [5.41, 5.74) is 2.48. The number of nitrogens with one attached hydrogen (secondary N) is 2. The van der Waals surface area contributed by atoms with Crippen LogP contribution in [0.5, 0.6) is 0 Å². The van der Waals surface area contributed by atoms with Gasteiger partial charge in [0.15, 0.2) is 5.78 Å². The summed E-state index contributed by atoms with van der Waals surface area (Å²) in [6.45, 7) is 0.350. The lowest BCUT2D eigenvalue weighted by Gasteiger charge is -2.15. The largest absolute Gasteiger partial charge is 0.374 e. The van der Waals surface area contributed by atoms with Crippen LogP contribution in [0.3, 0.4) is 0 Å². The predicted octanol–water partition coefficient (Wildman–Crippen LogP) is 2.16. The number of hydrogen-bond donors (Lipinski definition) is 2. The molecule has 1 aliphatic rings. The second-order valence-electron chi connectivity index (χ2n) is 6.00. The molecule has 0 fully saturated rings. The lowest BCUT2D eigenvalue weighted by atomic mass is 10.1. The molecule has 1 aromatic heterocycles. The van der Waals surface area contributed by atoms with E-state index in [1.165, 1.54) is 0 Å². The van der Waals surface area contributed by atoms with Crippen molar-refractivity contribution in [2.75, 3.05) is 10.6 Å². The van der Waals surface area contributed by atoms with Crippen LogP contribution in [0.1, 0.15) is 28.0 Å². The molecule has 0 amide bonds. The third kappa shape index (κ3) is 2.71. The fourth-order valence-electron chi connectivity index (χ4n) is 3.02. The highest BCUT2D eigenvalue weighted by Gasteiger charge is 2.23. The Morgan fingerprint density at radius 2 is 1.80 bits per heavy atom. The molecule has 25 heavy (non-hydrogen) atoms. The molecule has 0 saturated heterocycles. The number of aryl methyl sites for hydroxylation is 1. The van der Waals surface area contributed by atoms with E-state index in [2.05, 4.69) is 15.6 Å². The highest BCUT2D eigenvalue weighted by molar-refractivity contribution is 6.01. The molecule has 0 unspecified atom stereocenters. The van der Waals surface area contributed by atoms with Gasteiger partial charge >= 0.3 is 0 Å². The first-order chi connectivity index (χ1) is 12.1. The van der Waals surface area contributed by atoms with Gasteiger partial charge in [-0.1, -0.05) is 12.1 Å². The molecule has 0 bridgehead atoms. The number of anilines is 3. The van der Waals surface area contributed by atoms with Gasteiger partial charge < -0.3 is 10.6 Å². The van der Waals surface area contributed by atoms with Gasteiger partial charge in [-0.05, 0) is 36.2 Å². The van der Waals surface area contributed by atoms with Gasteiger partial charge in [0, 0.05) is 23.9 Å². The number of carbonyl (C=O) groups excluding carboxylic acids is 1. The zero-order chi connectivity index (χ0) is 17.4. The number of fused-ring (bicyclic) bond motifs is 1. The van der Waals surface area contributed by atoms with E-state index in [9.17, 15) is 14.4 Å². The fraction of sp³-hybridized carbons (Fsp3) is 0.158. The van der Waals surface area contributed by atoms with Gasteiger partial charge in [-0.25, -0.2) is 0 Å². The summed E-state index contributed by atoms with van der Waals surface area (Å²) in [6, 6.07) is 10.9. The van der Waals surface area contributed by atoms with E-state index >= 15 is 0 Å². The average Bonchev–Trinajstić information content (AvgIpc) is 3.02. The first-order valence-corrected chi connectivity index (χ1v) is 8.04. The van der Waals surface area contributed by atoms with Crippen LogP contribution in [0.25, 0.3) is 0 Å². The van der Waals surface area contributed by atoms with Crippen LogP contribution in [0.4, 0.5) is 17.1 Å². The Morgan fingerprint density at radius 1 is 0.960 bits per heavy atom. The number of pyridine rings is 1. The Hall–Kier alpha value is -3.28. The minimum Gasteiger partial charge on any atom is -0.374 e. The summed E-state index contributed by atoms with van der Waals surface area (Å²) < 4.78 is 0. The monoisotopic (exact) mass is 333 g/mol. The molecule has 3 aromatic rings. The molecule has 0 saturated carbocycles. The SMILES string of the molecule is O=C1CCc2ccc(Nc3c(NCc4ccccn4)c(=O)c3=O)cc21. The summed E-state index contributed by atoms with van der Waals surface area (Å²) in [5, 5.41) is 5.93. The van der Waals surface area contributed by atoms with Gasteiger partial charge in [-0.15, -0.1) is 0 Å². The van der Waals surface area contributed by atoms with Crippen LogP contribution in [0.2, 0.25) is 0 Å². The molecule has 4 rings (SSSR count). The molecular weight excluding hydrogens is 318 g/mol. The van der Waals surface area contributed by atoms with E-state index in [-0.39, 0.29) is 17.2 Å². The maximum atomic E-state index is 11.9. The van der Waals surface area contributed by atoms with E-state index in [4.69, 9.17) is 0 Å². The minimum absolute atomic E-state index is 0.108. The lowest BCUT2D eigenvalue weighted by molar-refractivity contribution is 0.0994. The number of hydrogen-bond acceptors (Lipinski definition) is 6. The molecule has 6 heteroatoms. The summed E-state index contributed by atoms with van der Waals surface area (Å²) in [6.07, 6.45) is 2.95. The summed E-state index contributed by atoms with van der Waals surface area (Å²) in [4.78, 5) is 39.7. The Labute approximate surface area is 143 Å². The Kier molecular flexibility index (Phi) is 3.65. The van der Waals surface area contributed by atoms with Crippen LogP contribution >= 0.6 is 0 Å². The summed E-state index contributed by atoms with van der Waals surface area (Å²) in [7, 11) is 0. The normalized spacial score (nSPS) is 13.0. The molecule has 2 N–H and O–H groups in total. The quantitative estimate of drug-likeness (QED) is 0.696. The third-order valence-electron chi connectivity index (χ3n) is 4.38. The molecule has 0 spiro atoms. The number of Topliss-reactive ketones (excluding diaryl/α,β-unsaturated/α-hetero) is 1. The van der Waals surface area contributed by atoms with Crippen LogP contribution in [-0.4, -0.2) is 10.8 Å². The van der Waals surface area contributed by atoms with Crippen molar-refractivity contribution >= 4 is 22.8 Å². The van der Waals surface area contributed by atoms with Crippen molar-refractivity contribution in [3.8, 4) is 0 Å². The van der Waals surface area contributed by atoms with Crippen molar-refractivity contribution in [3.63, 3.8) is 0 Å². The fourth-order valence-corrected chi connectivity index (χ4v) is 3.02. The highest BCUT2D eigenvalue weighted by atomic mass is 16.2. The summed E-state index contributed by atoms with van der Waals surface area (Å²) >= 11 is 0. The number of carbonyl (C=O) groups is 1. The first kappa shape index (κ1) is 15.3. The Balaban J connectivity index is 1.55. The van der Waals surface area contributed by atoms with Gasteiger partial charge in [0.25, 0.3) is 10.9 Å². The van der Waals surface area contributed by atoms with Crippen LogP contribution in [0, 0.1) is 0 Å². The number of aromatic nitrogens is 1. The zero-order valence-electron chi connectivity index (χ0n) is 13.3. The third-order valence-corrected chi connectivity index (χ3v) is 4.38. The number of nitrogens with zero attached hydrogens (tertiary/aromatic N) is 1. The van der Waals surface area contributed by atoms with Gasteiger partial charge in [0.05, 0.1) is 12.2 Å². The van der Waals surface area contributed by atoms with E-state index < -0.39 is 10.9 Å². The van der Waals surface area contributed by atoms with Crippen molar-refractivity contribution in [1.29, 1.82) is 0 Å². The molecule has 0 radical (unpaired) electrons. The number of benzene rings is 1. The number of rotatable bonds is 5. The van der Waals surface area contributed by atoms with Crippen molar-refractivity contribution in [1.82, 2.24) is 4.98 Å². The molecule has 2 aromatic carbocycles. The van der Waals surface area contributed by atoms with Gasteiger partial charge in [-0.2, -0.15) is 0 Å². The van der Waals surface area contributed by atoms with Crippen molar-refractivity contribution < 1.29 is 4.79 Å². The predicted molar refractivity (Wildman–Crippen MR) is 95.3 cm³/mol. The van der Waals surface area contributed by atoms with E-state index in [0.29, 0.717) is 24.2 Å². The molecule has 1 heterocycles. The maximum Gasteiger partial charge on any atom is 0.253 e. The maximum absolute atomic E-state index is 11.9. The van der Waals surface area contributed by atoms with Crippen LogP contribution < -0.4 is 21.5 Å². The van der Waals surface area contributed by atoms with Gasteiger partial charge in [0.2, 0.25) is 0 Å².